The summed E-state index contributed by atoms with van der Waals surface area (Å²) >= 11 is 0. The second-order valence-electron chi connectivity index (χ2n) is 17.3. The molecule has 7 amide bonds. The largest absolute Gasteiger partial charge is 0.490 e. The number of hydrogen-bond acceptors (Lipinski definition) is 12. The molecular weight excluding hydrogens is 895 g/mol. The lowest BCUT2D eigenvalue weighted by molar-refractivity contribution is -0.144. The quantitative estimate of drug-likeness (QED) is 0.0196. The number of carbonyl (C=O) groups is 8. The summed E-state index contributed by atoms with van der Waals surface area (Å²) < 4.78 is 5.62. The number of aromatic amines is 1. The molecule has 380 valence electrons. The van der Waals surface area contributed by atoms with Crippen LogP contribution in [0.2, 0.25) is 0 Å². The number of rotatable bonds is 29. The highest BCUT2D eigenvalue weighted by Crippen LogP contribution is 2.21. The number of ether oxygens (including phenoxy) is 1. The number of guanidine groups is 1. The number of carbonyl (C=O) groups excluding carboxylic acids is 7. The Morgan fingerprint density at radius 3 is 2.14 bits per heavy atom. The first-order valence-electron chi connectivity index (χ1n) is 23.1. The summed E-state index contributed by atoms with van der Waals surface area (Å²) in [6.45, 7) is 12.5. The Kier molecular flexibility index (Phi) is 23.1. The van der Waals surface area contributed by atoms with E-state index in [2.05, 4.69) is 58.8 Å². The van der Waals surface area contributed by atoms with Gasteiger partial charge in [-0.15, -0.1) is 0 Å². The van der Waals surface area contributed by atoms with E-state index in [1.807, 2.05) is 6.92 Å². The van der Waals surface area contributed by atoms with Gasteiger partial charge in [0.2, 0.25) is 41.4 Å². The minimum atomic E-state index is -1.32. The third-order valence-corrected chi connectivity index (χ3v) is 11.5. The third-order valence-electron chi connectivity index (χ3n) is 11.5. The van der Waals surface area contributed by atoms with Crippen molar-refractivity contribution in [1.82, 2.24) is 52.1 Å². The summed E-state index contributed by atoms with van der Waals surface area (Å²) in [5, 5.41) is 28.4. The van der Waals surface area contributed by atoms with Gasteiger partial charge in [-0.05, 0) is 69.2 Å². The van der Waals surface area contributed by atoms with E-state index >= 15 is 0 Å². The van der Waals surface area contributed by atoms with Gasteiger partial charge in [0.15, 0.2) is 5.96 Å². The number of benzene rings is 1. The summed E-state index contributed by atoms with van der Waals surface area (Å²) in [7, 11) is 1.57. The zero-order valence-electron chi connectivity index (χ0n) is 40.3. The van der Waals surface area contributed by atoms with Crippen molar-refractivity contribution in [3.63, 3.8) is 0 Å². The van der Waals surface area contributed by atoms with Gasteiger partial charge in [-0.3, -0.25) is 43.3 Å². The van der Waals surface area contributed by atoms with Crippen molar-refractivity contribution >= 4 is 53.3 Å². The first-order valence-corrected chi connectivity index (χ1v) is 23.1. The molecule has 0 aliphatic carbocycles. The lowest BCUT2D eigenvalue weighted by Crippen LogP contribution is -2.62. The van der Waals surface area contributed by atoms with Gasteiger partial charge in [0, 0.05) is 37.8 Å². The van der Waals surface area contributed by atoms with Crippen LogP contribution in [0, 0.1) is 11.8 Å². The van der Waals surface area contributed by atoms with Crippen molar-refractivity contribution in [2.24, 2.45) is 28.3 Å². The predicted octanol–water partition coefficient (Wildman–Crippen LogP) is -1.26. The molecule has 3 rings (SSSR count). The van der Waals surface area contributed by atoms with Gasteiger partial charge >= 0.3 is 5.97 Å². The SMILES string of the molecule is C=CCOc1ccc(C[C@H](NC(=O)[C@@H](NC(=O)[C@H](CCCN=C(N)N)NC(=O)CNC)C(C)C)C(=O)N[C@H](C(=O)N[C@@H](Cc2cnc[nH]2)C(=O)N2CCC[C@H]2C(=O)N[C@H](C)C(=O)O)[C@@H](C)CC)cc1. The average Bonchev–Trinajstić information content (AvgIpc) is 4.02. The summed E-state index contributed by atoms with van der Waals surface area (Å²) in [6.07, 6.45) is 5.92. The van der Waals surface area contributed by atoms with Gasteiger partial charge in [0.1, 0.15) is 54.6 Å². The van der Waals surface area contributed by atoms with E-state index in [9.17, 15) is 43.5 Å². The Morgan fingerprint density at radius 2 is 1.55 bits per heavy atom. The summed E-state index contributed by atoms with van der Waals surface area (Å²) in [5.74, 6) is -6.42. The van der Waals surface area contributed by atoms with Gasteiger partial charge in [0.25, 0.3) is 0 Å². The maximum atomic E-state index is 14.6. The van der Waals surface area contributed by atoms with Gasteiger partial charge in [-0.2, -0.15) is 0 Å². The lowest BCUT2D eigenvalue weighted by Gasteiger charge is -2.32. The zero-order valence-corrected chi connectivity index (χ0v) is 40.3. The lowest BCUT2D eigenvalue weighted by atomic mass is 9.96. The first kappa shape index (κ1) is 56.3. The van der Waals surface area contributed by atoms with Crippen LogP contribution in [0.25, 0.3) is 0 Å². The molecule has 23 heteroatoms. The predicted molar refractivity (Wildman–Crippen MR) is 256 cm³/mol. The zero-order chi connectivity index (χ0) is 51.2. The van der Waals surface area contributed by atoms with E-state index in [0.717, 1.165) is 0 Å². The number of nitrogens with one attached hydrogen (secondary N) is 8. The minimum absolute atomic E-state index is 0.0636. The van der Waals surface area contributed by atoms with E-state index < -0.39 is 101 Å². The van der Waals surface area contributed by atoms with E-state index in [0.29, 0.717) is 36.3 Å². The fourth-order valence-corrected chi connectivity index (χ4v) is 7.46. The van der Waals surface area contributed by atoms with Gasteiger partial charge in [0.05, 0.1) is 12.9 Å². The van der Waals surface area contributed by atoms with Crippen molar-refractivity contribution in [2.45, 2.75) is 122 Å². The second kappa shape index (κ2) is 28.3. The normalized spacial score (nSPS) is 16.3. The topological polar surface area (TPSA) is 347 Å². The molecule has 1 aliphatic heterocycles. The average molecular weight is 966 g/mol. The molecule has 1 saturated heterocycles. The van der Waals surface area contributed by atoms with Crippen LogP contribution in [0.1, 0.15) is 78.0 Å². The molecule has 0 unspecified atom stereocenters. The van der Waals surface area contributed by atoms with Gasteiger partial charge < -0.3 is 68.4 Å². The fraction of sp³-hybridized carbons (Fsp3) is 0.565. The molecule has 2 aromatic rings. The maximum absolute atomic E-state index is 14.6. The number of hydrogen-bond donors (Lipinski definition) is 11. The van der Waals surface area contributed by atoms with Crippen LogP contribution in [0.15, 0.2) is 54.4 Å². The highest BCUT2D eigenvalue weighted by molar-refractivity contribution is 5.98. The minimum Gasteiger partial charge on any atom is -0.490 e. The molecule has 1 aliphatic rings. The molecule has 0 saturated carbocycles. The number of amides is 7. The molecule has 2 heterocycles. The summed E-state index contributed by atoms with van der Waals surface area (Å²) in [6, 6.07) is -1.47. The Bertz CT molecular complexity index is 2080. The van der Waals surface area contributed by atoms with Crippen LogP contribution >= 0.6 is 0 Å². The number of nitrogens with zero attached hydrogens (tertiary/aromatic N) is 3. The van der Waals surface area contributed by atoms with Crippen LogP contribution in [0.4, 0.5) is 0 Å². The van der Waals surface area contributed by atoms with Crippen LogP contribution in [-0.4, -0.2) is 149 Å². The molecule has 0 bridgehead atoms. The third kappa shape index (κ3) is 18.2. The van der Waals surface area contributed by atoms with Crippen molar-refractivity contribution in [3.8, 4) is 5.75 Å². The molecule has 0 spiro atoms. The number of aliphatic imine (C=N–C) groups is 1. The summed E-state index contributed by atoms with van der Waals surface area (Å²) in [4.78, 5) is 121. The number of imidazole rings is 1. The van der Waals surface area contributed by atoms with Gasteiger partial charge in [-0.1, -0.05) is 58.9 Å². The second-order valence-corrected chi connectivity index (χ2v) is 17.3. The smallest absolute Gasteiger partial charge is 0.325 e. The standard InChI is InChI=1S/C46H71N13O10/c1-8-20-69-31-16-14-29(15-17-31)21-33(55-42(64)37(26(3)4)57-39(61)32(54-36(60)24-49-7)12-10-18-51-46(47)48)40(62)58-38(27(5)9-2)43(65)56-34(22-30-23-50-25-52-30)44(66)59-19-11-13-35(59)41(63)53-28(6)45(67)68/h8,14-17,23,25-28,32-35,37-38,49H,1,9-13,18-22,24H2,2-7H3,(H,50,52)(H,53,63)(H,54,60)(H,55,64)(H,56,65)(H,57,61)(H,58,62)(H,67,68)(H4,47,48,51)/t27-,28+,32-,33-,34-,35-,37-,38-/m0/s1. The Morgan fingerprint density at radius 1 is 0.899 bits per heavy atom. The number of likely N-dealkylation sites (N-methyl/N-ethyl adjacent to an activating group) is 1. The molecule has 1 fully saturated rings. The molecule has 69 heavy (non-hydrogen) atoms. The van der Waals surface area contributed by atoms with E-state index in [1.165, 1.54) is 24.3 Å². The van der Waals surface area contributed by atoms with E-state index in [1.54, 1.807) is 58.2 Å². The number of carboxylic acid groups (broad SMARTS) is 1. The number of aliphatic carboxylic acids is 1. The van der Waals surface area contributed by atoms with Crippen molar-refractivity contribution in [1.29, 1.82) is 0 Å². The van der Waals surface area contributed by atoms with E-state index in [4.69, 9.17) is 16.2 Å². The van der Waals surface area contributed by atoms with Crippen LogP contribution < -0.4 is 53.4 Å². The first-order chi connectivity index (χ1) is 32.8. The van der Waals surface area contributed by atoms with Crippen molar-refractivity contribution in [2.75, 3.05) is 33.3 Å². The number of aromatic nitrogens is 2. The van der Waals surface area contributed by atoms with Gasteiger partial charge in [-0.25, -0.2) is 4.98 Å². The highest BCUT2D eigenvalue weighted by Gasteiger charge is 2.40. The molecule has 13 N–H and O–H groups in total. The Labute approximate surface area is 402 Å². The molecule has 23 nitrogen and oxygen atoms in total. The van der Waals surface area contributed by atoms with Crippen LogP contribution in [-0.2, 0) is 51.2 Å². The van der Waals surface area contributed by atoms with E-state index in [-0.39, 0.29) is 57.9 Å². The molecule has 0 radical (unpaired) electrons. The fourth-order valence-electron chi connectivity index (χ4n) is 7.46. The number of likely N-dealkylation sites (tertiary alicyclic amines) is 1. The highest BCUT2D eigenvalue weighted by atomic mass is 16.5. The number of H-pyrrole nitrogens is 1. The number of carboxylic acids is 1. The monoisotopic (exact) mass is 966 g/mol. The summed E-state index contributed by atoms with van der Waals surface area (Å²) in [5.41, 5.74) is 12.0. The molecule has 1 aromatic carbocycles. The number of nitrogens with two attached hydrogens (primary N) is 2. The Hall–Kier alpha value is -7.04. The van der Waals surface area contributed by atoms with Crippen LogP contribution in [0.3, 0.4) is 0 Å². The van der Waals surface area contributed by atoms with Crippen LogP contribution in [0.5, 0.6) is 5.75 Å². The Balaban J connectivity index is 1.95. The van der Waals surface area contributed by atoms with Crippen molar-refractivity contribution in [3.05, 3.63) is 60.7 Å². The maximum Gasteiger partial charge on any atom is 0.325 e. The molecule has 1 aromatic heterocycles. The van der Waals surface area contributed by atoms with Crippen molar-refractivity contribution < 1.29 is 48.2 Å². The molecular formula is C46H71N13O10. The molecule has 8 atom stereocenters.